The second-order valence-electron chi connectivity index (χ2n) is 3.82. The number of hydrogen-bond donors (Lipinski definition) is 0. The zero-order chi connectivity index (χ0) is 9.97. The maximum atomic E-state index is 5.70. The first-order valence-corrected chi connectivity index (χ1v) is 5.24. The van der Waals surface area contributed by atoms with Gasteiger partial charge in [-0.05, 0) is 18.1 Å². The zero-order valence-electron chi connectivity index (χ0n) is 8.62. The van der Waals surface area contributed by atoms with Crippen LogP contribution in [0.4, 0.5) is 0 Å². The summed E-state index contributed by atoms with van der Waals surface area (Å²) in [6, 6.07) is 8.16. The van der Waals surface area contributed by atoms with E-state index in [4.69, 9.17) is 4.74 Å². The summed E-state index contributed by atoms with van der Waals surface area (Å²) in [5.41, 5.74) is 2.44. The van der Waals surface area contributed by atoms with Crippen molar-refractivity contribution >= 4 is 5.57 Å². The van der Waals surface area contributed by atoms with Crippen LogP contribution < -0.4 is 4.74 Å². The molecule has 0 bridgehead atoms. The van der Waals surface area contributed by atoms with Crippen molar-refractivity contribution in [3.05, 3.63) is 36.4 Å². The van der Waals surface area contributed by atoms with E-state index in [2.05, 4.69) is 19.6 Å². The predicted octanol–water partition coefficient (Wildman–Crippen LogP) is 4.14. The molecule has 1 nitrogen and oxygen atoms in total. The molecule has 1 aliphatic heterocycles. The van der Waals surface area contributed by atoms with Gasteiger partial charge in [0.2, 0.25) is 0 Å². The molecular weight excluding hydrogens is 184 g/mol. The van der Waals surface area contributed by atoms with Crippen molar-refractivity contribution in [2.24, 2.45) is 5.92 Å². The molecule has 0 amide bonds. The Kier molecular flexibility index (Phi) is 3.96. The highest BCUT2D eigenvalue weighted by molar-refractivity contribution is 5.71. The van der Waals surface area contributed by atoms with Crippen molar-refractivity contribution in [1.82, 2.24) is 0 Å². The largest absolute Gasteiger partial charge is 0.492 e. The third kappa shape index (κ3) is 2.23. The van der Waals surface area contributed by atoms with E-state index in [-0.39, 0.29) is 7.43 Å². The van der Waals surface area contributed by atoms with Gasteiger partial charge in [-0.2, -0.15) is 0 Å². The lowest BCUT2D eigenvalue weighted by molar-refractivity contribution is 0.260. The monoisotopic (exact) mass is 204 g/mol. The van der Waals surface area contributed by atoms with Crippen LogP contribution in [-0.4, -0.2) is 6.61 Å². The number of para-hydroxylation sites is 1. The third-order valence-electron chi connectivity index (χ3n) is 2.80. The summed E-state index contributed by atoms with van der Waals surface area (Å²) >= 11 is 0. The summed E-state index contributed by atoms with van der Waals surface area (Å²) in [5.74, 6) is 1.50. The molecule has 0 N–H and O–H groups in total. The van der Waals surface area contributed by atoms with Crippen LogP contribution in [0.3, 0.4) is 0 Å². The van der Waals surface area contributed by atoms with Gasteiger partial charge in [-0.25, -0.2) is 0 Å². The average Bonchev–Trinajstić information content (AvgIpc) is 2.23. The number of rotatable bonds is 2. The molecule has 82 valence electrons. The van der Waals surface area contributed by atoms with E-state index in [1.54, 1.807) is 0 Å². The SMILES string of the molecule is C.C=C1c2ccccc2OCC1CCC. The maximum absolute atomic E-state index is 5.70. The Labute approximate surface area is 92.8 Å². The number of fused-ring (bicyclic) bond motifs is 1. The zero-order valence-corrected chi connectivity index (χ0v) is 8.62. The number of benzene rings is 1. The van der Waals surface area contributed by atoms with Crippen molar-refractivity contribution in [3.8, 4) is 5.75 Å². The number of ether oxygens (including phenoxy) is 1. The lowest BCUT2D eigenvalue weighted by Gasteiger charge is -2.27. The highest BCUT2D eigenvalue weighted by Gasteiger charge is 2.22. The van der Waals surface area contributed by atoms with Gasteiger partial charge in [-0.3, -0.25) is 0 Å². The molecule has 15 heavy (non-hydrogen) atoms. The molecule has 1 heteroatoms. The minimum atomic E-state index is 0. The second-order valence-corrected chi connectivity index (χ2v) is 3.82. The van der Waals surface area contributed by atoms with E-state index in [1.165, 1.54) is 24.0 Å². The Morgan fingerprint density at radius 3 is 2.87 bits per heavy atom. The van der Waals surface area contributed by atoms with Gasteiger partial charge in [-0.15, -0.1) is 0 Å². The molecule has 1 atom stereocenters. The maximum Gasteiger partial charge on any atom is 0.126 e. The van der Waals surface area contributed by atoms with E-state index >= 15 is 0 Å². The molecule has 1 heterocycles. The summed E-state index contributed by atoms with van der Waals surface area (Å²) < 4.78 is 5.70. The standard InChI is InChI=1S/C13H16O.CH4/c1-3-6-11-9-14-13-8-5-4-7-12(13)10(11)2;/h4-5,7-8,11H,2-3,6,9H2,1H3;1H4. The van der Waals surface area contributed by atoms with E-state index < -0.39 is 0 Å². The van der Waals surface area contributed by atoms with Crippen LogP contribution in [-0.2, 0) is 0 Å². The smallest absolute Gasteiger partial charge is 0.126 e. The summed E-state index contributed by atoms with van der Waals surface area (Å²) in [6.07, 6.45) is 2.36. The molecule has 0 saturated heterocycles. The molecule has 1 aliphatic rings. The van der Waals surface area contributed by atoms with Crippen LogP contribution in [0.2, 0.25) is 0 Å². The van der Waals surface area contributed by atoms with E-state index in [0.29, 0.717) is 5.92 Å². The van der Waals surface area contributed by atoms with Crippen LogP contribution in [0.15, 0.2) is 30.8 Å². The summed E-state index contributed by atoms with van der Waals surface area (Å²) in [5, 5.41) is 0. The van der Waals surface area contributed by atoms with Crippen molar-refractivity contribution in [2.45, 2.75) is 27.2 Å². The summed E-state index contributed by atoms with van der Waals surface area (Å²) in [7, 11) is 0. The first-order valence-electron chi connectivity index (χ1n) is 5.24. The van der Waals surface area contributed by atoms with Gasteiger partial charge >= 0.3 is 0 Å². The van der Waals surface area contributed by atoms with Crippen molar-refractivity contribution in [1.29, 1.82) is 0 Å². The normalized spacial score (nSPS) is 18.7. The van der Waals surface area contributed by atoms with Gasteiger partial charge < -0.3 is 4.74 Å². The van der Waals surface area contributed by atoms with Crippen LogP contribution in [0.25, 0.3) is 5.57 Å². The van der Waals surface area contributed by atoms with Crippen molar-refractivity contribution < 1.29 is 4.74 Å². The third-order valence-corrected chi connectivity index (χ3v) is 2.80. The Morgan fingerprint density at radius 2 is 2.13 bits per heavy atom. The Balaban J connectivity index is 0.00000112. The number of hydrogen-bond acceptors (Lipinski definition) is 1. The van der Waals surface area contributed by atoms with Gasteiger partial charge in [0.25, 0.3) is 0 Å². The van der Waals surface area contributed by atoms with Crippen molar-refractivity contribution in [2.75, 3.05) is 6.61 Å². The van der Waals surface area contributed by atoms with E-state index in [0.717, 1.165) is 12.4 Å². The molecule has 0 radical (unpaired) electrons. The minimum absolute atomic E-state index is 0. The summed E-state index contributed by atoms with van der Waals surface area (Å²) in [6.45, 7) is 7.17. The minimum Gasteiger partial charge on any atom is -0.492 e. The molecule has 0 aliphatic carbocycles. The van der Waals surface area contributed by atoms with Gasteiger partial charge in [-0.1, -0.05) is 45.5 Å². The molecule has 2 rings (SSSR count). The Hall–Kier alpha value is -1.24. The highest BCUT2D eigenvalue weighted by Crippen LogP contribution is 2.36. The first kappa shape index (κ1) is 11.8. The van der Waals surface area contributed by atoms with Crippen LogP contribution in [0.1, 0.15) is 32.8 Å². The van der Waals surface area contributed by atoms with Crippen LogP contribution in [0, 0.1) is 5.92 Å². The van der Waals surface area contributed by atoms with E-state index in [9.17, 15) is 0 Å². The highest BCUT2D eigenvalue weighted by atomic mass is 16.5. The van der Waals surface area contributed by atoms with Gasteiger partial charge in [0.15, 0.2) is 0 Å². The molecule has 0 spiro atoms. The lowest BCUT2D eigenvalue weighted by Crippen LogP contribution is -2.19. The molecule has 1 unspecified atom stereocenters. The van der Waals surface area contributed by atoms with Crippen molar-refractivity contribution in [3.63, 3.8) is 0 Å². The van der Waals surface area contributed by atoms with Crippen LogP contribution in [0.5, 0.6) is 5.75 Å². The second kappa shape index (κ2) is 5.01. The Bertz CT molecular complexity index is 341. The quantitative estimate of drug-likeness (QED) is 0.703. The molecule has 1 aromatic rings. The van der Waals surface area contributed by atoms with E-state index in [1.807, 2.05) is 18.2 Å². The van der Waals surface area contributed by atoms with Crippen LogP contribution >= 0.6 is 0 Å². The molecular formula is C14H20O. The predicted molar refractivity (Wildman–Crippen MR) is 66.1 cm³/mol. The topological polar surface area (TPSA) is 9.23 Å². The lowest BCUT2D eigenvalue weighted by atomic mass is 9.88. The van der Waals surface area contributed by atoms with Gasteiger partial charge in [0.05, 0.1) is 6.61 Å². The fourth-order valence-corrected chi connectivity index (χ4v) is 1.97. The molecule has 0 fully saturated rings. The Morgan fingerprint density at radius 1 is 1.40 bits per heavy atom. The average molecular weight is 204 g/mol. The summed E-state index contributed by atoms with van der Waals surface area (Å²) in [4.78, 5) is 0. The first-order chi connectivity index (χ1) is 6.83. The fraction of sp³-hybridized carbons (Fsp3) is 0.429. The molecule has 0 aromatic heterocycles. The van der Waals surface area contributed by atoms with Gasteiger partial charge in [0.1, 0.15) is 5.75 Å². The molecule has 1 aromatic carbocycles. The van der Waals surface area contributed by atoms with Gasteiger partial charge in [0, 0.05) is 11.5 Å². The fourth-order valence-electron chi connectivity index (χ4n) is 1.97. The molecule has 0 saturated carbocycles.